The van der Waals surface area contributed by atoms with Gasteiger partial charge in [-0.25, -0.2) is 18.2 Å². The first-order chi connectivity index (χ1) is 13.3. The molecule has 0 atom stereocenters. The van der Waals surface area contributed by atoms with E-state index in [4.69, 9.17) is 5.21 Å². The highest BCUT2D eigenvalue weighted by Crippen LogP contribution is 2.41. The van der Waals surface area contributed by atoms with Gasteiger partial charge >= 0.3 is 12.1 Å². The number of halogens is 5. The van der Waals surface area contributed by atoms with Gasteiger partial charge in [-0.15, -0.1) is 13.2 Å². The summed E-state index contributed by atoms with van der Waals surface area (Å²) in [6, 6.07) is 0. The van der Waals surface area contributed by atoms with Gasteiger partial charge in [-0.05, 0) is 38.0 Å². The number of carbonyl (C=O) groups excluding carboxylic acids is 1. The van der Waals surface area contributed by atoms with Gasteiger partial charge < -0.3 is 0 Å². The molecule has 1 rings (SSSR count). The second kappa shape index (κ2) is 9.52. The lowest BCUT2D eigenvalue weighted by molar-refractivity contribution is -0.285. The molecule has 1 saturated heterocycles. The highest BCUT2D eigenvalue weighted by atomic mass is 32.2. The fourth-order valence-electron chi connectivity index (χ4n) is 3.38. The Morgan fingerprint density at radius 3 is 1.97 bits per heavy atom. The summed E-state index contributed by atoms with van der Waals surface area (Å²) in [6.45, 7) is 6.60. The molecule has 12 heteroatoms. The van der Waals surface area contributed by atoms with Crippen molar-refractivity contribution in [3.63, 3.8) is 0 Å². The van der Waals surface area contributed by atoms with E-state index in [0.717, 1.165) is 4.31 Å². The molecule has 0 aromatic carbocycles. The molecule has 1 aliphatic heterocycles. The first kappa shape index (κ1) is 25.5. The smallest absolute Gasteiger partial charge is 0.289 e. The summed E-state index contributed by atoms with van der Waals surface area (Å²) in [5.74, 6) is -6.46. The van der Waals surface area contributed by atoms with Gasteiger partial charge in [0.05, 0.1) is 0 Å². The van der Waals surface area contributed by atoms with Crippen LogP contribution in [0.3, 0.4) is 0 Å². The van der Waals surface area contributed by atoms with Crippen molar-refractivity contribution in [3.8, 4) is 0 Å². The summed E-state index contributed by atoms with van der Waals surface area (Å²) in [6.07, 6.45) is -5.44. The first-order valence-corrected chi connectivity index (χ1v) is 10.3. The molecule has 1 amide bonds. The zero-order valence-electron chi connectivity index (χ0n) is 15.7. The summed E-state index contributed by atoms with van der Waals surface area (Å²) >= 11 is 0. The Morgan fingerprint density at radius 1 is 1.10 bits per heavy atom. The van der Waals surface area contributed by atoms with Gasteiger partial charge in [0.2, 0.25) is 10.0 Å². The zero-order valence-corrected chi connectivity index (χ0v) is 16.5. The highest BCUT2D eigenvalue weighted by Gasteiger charge is 2.57. The molecule has 2 N–H and O–H groups in total. The van der Waals surface area contributed by atoms with E-state index < -0.39 is 51.5 Å². The fraction of sp³-hybridized carbons (Fsp3) is 0.706. The van der Waals surface area contributed by atoms with Crippen LogP contribution in [0.25, 0.3) is 0 Å². The molecule has 0 spiro atoms. The van der Waals surface area contributed by atoms with Crippen molar-refractivity contribution in [3.05, 3.63) is 25.3 Å². The summed E-state index contributed by atoms with van der Waals surface area (Å²) in [4.78, 5) is 12.2. The van der Waals surface area contributed by atoms with Crippen molar-refractivity contribution in [2.75, 3.05) is 13.1 Å². The quantitative estimate of drug-likeness (QED) is 0.232. The second-order valence-electron chi connectivity index (χ2n) is 7.01. The predicted octanol–water partition coefficient (Wildman–Crippen LogP) is 3.40. The minimum Gasteiger partial charge on any atom is -0.289 e. The maximum atomic E-state index is 13.1. The molecule has 0 radical (unpaired) electrons. The molecule has 1 fully saturated rings. The lowest BCUT2D eigenvalue weighted by atomic mass is 9.91. The molecule has 0 bridgehead atoms. The first-order valence-electron chi connectivity index (χ1n) is 8.89. The molecule has 168 valence electrons. The van der Waals surface area contributed by atoms with Crippen molar-refractivity contribution >= 4 is 15.9 Å². The SMILES string of the molecule is C=CCC(CC=C)(C(=O)NO)S(=O)(=O)N1CCC(CCC(F)(F)C(F)(F)F)CC1. The Kier molecular flexibility index (Phi) is 8.37. The van der Waals surface area contributed by atoms with Gasteiger partial charge in [0.1, 0.15) is 0 Å². The maximum absolute atomic E-state index is 13.1. The minimum atomic E-state index is -5.62. The van der Waals surface area contributed by atoms with Crippen molar-refractivity contribution in [2.24, 2.45) is 5.92 Å². The van der Waals surface area contributed by atoms with Crippen LogP contribution < -0.4 is 5.48 Å². The number of rotatable bonds is 10. The predicted molar refractivity (Wildman–Crippen MR) is 95.7 cm³/mol. The minimum absolute atomic E-state index is 0.0756. The number of sulfonamides is 1. The van der Waals surface area contributed by atoms with Crippen LogP contribution in [-0.4, -0.2) is 53.8 Å². The van der Waals surface area contributed by atoms with E-state index in [0.29, 0.717) is 0 Å². The molecular formula is C17H25F5N2O4S. The van der Waals surface area contributed by atoms with Crippen LogP contribution in [0.15, 0.2) is 25.3 Å². The van der Waals surface area contributed by atoms with Gasteiger partial charge in [0, 0.05) is 19.5 Å². The fourth-order valence-corrected chi connectivity index (χ4v) is 5.50. The summed E-state index contributed by atoms with van der Waals surface area (Å²) in [5, 5.41) is 9.03. The van der Waals surface area contributed by atoms with E-state index in [1.807, 2.05) is 0 Å². The van der Waals surface area contributed by atoms with Crippen molar-refractivity contribution in [1.82, 2.24) is 9.79 Å². The molecule has 1 aliphatic rings. The second-order valence-corrected chi connectivity index (χ2v) is 9.26. The van der Waals surface area contributed by atoms with E-state index in [1.54, 1.807) is 0 Å². The van der Waals surface area contributed by atoms with Gasteiger partial charge in [0.15, 0.2) is 4.75 Å². The van der Waals surface area contributed by atoms with Crippen LogP contribution in [0.4, 0.5) is 22.0 Å². The van der Waals surface area contributed by atoms with Gasteiger partial charge in [-0.2, -0.15) is 22.0 Å². The van der Waals surface area contributed by atoms with Crippen molar-refractivity contribution in [2.45, 2.75) is 55.4 Å². The topological polar surface area (TPSA) is 86.7 Å². The molecule has 0 aromatic heterocycles. The number of nitrogens with one attached hydrogen (secondary N) is 1. The zero-order chi connectivity index (χ0) is 22.5. The number of hydrogen-bond acceptors (Lipinski definition) is 4. The molecule has 0 aliphatic carbocycles. The van der Waals surface area contributed by atoms with Gasteiger partial charge in [-0.1, -0.05) is 12.2 Å². The molecule has 0 unspecified atom stereocenters. The Hall–Kier alpha value is -1.53. The molecule has 0 aromatic rings. The number of amides is 1. The number of nitrogens with zero attached hydrogens (tertiary/aromatic N) is 1. The van der Waals surface area contributed by atoms with Crippen LogP contribution in [0, 0.1) is 5.92 Å². The third-order valence-corrected chi connectivity index (χ3v) is 7.70. The lowest BCUT2D eigenvalue weighted by Gasteiger charge is -2.38. The third-order valence-electron chi connectivity index (χ3n) is 5.15. The molecule has 29 heavy (non-hydrogen) atoms. The van der Waals surface area contributed by atoms with Gasteiger partial charge in [-0.3, -0.25) is 10.0 Å². The number of piperidine rings is 1. The molecular weight excluding hydrogens is 423 g/mol. The molecule has 1 heterocycles. The normalized spacial score (nSPS) is 17.7. The van der Waals surface area contributed by atoms with Gasteiger partial charge in [0.25, 0.3) is 5.91 Å². The Bertz CT molecular complexity index is 691. The highest BCUT2D eigenvalue weighted by molar-refractivity contribution is 7.91. The van der Waals surface area contributed by atoms with Crippen LogP contribution in [0.5, 0.6) is 0 Å². The third kappa shape index (κ3) is 5.34. The van der Waals surface area contributed by atoms with E-state index in [1.165, 1.54) is 17.6 Å². The average molecular weight is 448 g/mol. The van der Waals surface area contributed by atoms with E-state index >= 15 is 0 Å². The van der Waals surface area contributed by atoms with Crippen molar-refractivity contribution in [1.29, 1.82) is 0 Å². The number of allylic oxidation sites excluding steroid dienone is 2. The number of hydrogen-bond donors (Lipinski definition) is 2. The Balaban J connectivity index is 2.92. The summed E-state index contributed by atoms with van der Waals surface area (Å²) in [5.41, 5.74) is 1.35. The molecule has 6 nitrogen and oxygen atoms in total. The monoisotopic (exact) mass is 448 g/mol. The van der Waals surface area contributed by atoms with Crippen LogP contribution in [0.2, 0.25) is 0 Å². The molecule has 0 saturated carbocycles. The number of hydroxylamine groups is 1. The van der Waals surface area contributed by atoms with Crippen LogP contribution >= 0.6 is 0 Å². The van der Waals surface area contributed by atoms with E-state index in [9.17, 15) is 35.2 Å². The average Bonchev–Trinajstić information content (AvgIpc) is 2.64. The number of carbonyl (C=O) groups is 1. The maximum Gasteiger partial charge on any atom is 0.453 e. The number of alkyl halides is 5. The lowest BCUT2D eigenvalue weighted by Crippen LogP contribution is -2.57. The Morgan fingerprint density at radius 2 is 1.59 bits per heavy atom. The van der Waals surface area contributed by atoms with Crippen molar-refractivity contribution < 1.29 is 40.4 Å². The largest absolute Gasteiger partial charge is 0.453 e. The summed E-state index contributed by atoms with van der Waals surface area (Å²) in [7, 11) is -4.32. The van der Waals surface area contributed by atoms with E-state index in [-0.39, 0.29) is 38.8 Å². The van der Waals surface area contributed by atoms with Crippen LogP contribution in [-0.2, 0) is 14.8 Å². The standard InChI is InChI=1S/C17H25F5N2O4S/c1-3-8-15(9-4-2,14(25)23-26)29(27,28)24-11-6-13(7-12-24)5-10-16(18,19)17(20,21)22/h3-4,13,26H,1-2,5-12H2,(H,23,25). The summed E-state index contributed by atoms with van der Waals surface area (Å²) < 4.78 is 88.2. The van der Waals surface area contributed by atoms with Crippen LogP contribution in [0.1, 0.15) is 38.5 Å². The Labute approximate surface area is 166 Å². The van der Waals surface area contributed by atoms with E-state index in [2.05, 4.69) is 13.2 Å².